The van der Waals surface area contributed by atoms with E-state index in [0.717, 1.165) is 17.8 Å². The van der Waals surface area contributed by atoms with E-state index in [1.807, 2.05) is 6.92 Å². The minimum Gasteiger partial charge on any atom is -0.487 e. The Balaban J connectivity index is 1.46. The maximum Gasteiger partial charge on any atom is 0.277 e. The van der Waals surface area contributed by atoms with E-state index in [-0.39, 0.29) is 17.5 Å². The van der Waals surface area contributed by atoms with E-state index in [1.165, 1.54) is 6.07 Å². The second kappa shape index (κ2) is 9.69. The van der Waals surface area contributed by atoms with Crippen molar-refractivity contribution in [2.24, 2.45) is 0 Å². The van der Waals surface area contributed by atoms with E-state index in [0.29, 0.717) is 49.4 Å². The number of halogens is 2. The van der Waals surface area contributed by atoms with Gasteiger partial charge in [0.1, 0.15) is 17.7 Å². The molecule has 4 rings (SSSR count). The number of nitrogens with one attached hydrogen (secondary N) is 1. The molecule has 0 aliphatic carbocycles. The molecular formula is C24H22F2N4O3. The molecule has 1 aliphatic rings. The molecule has 0 spiro atoms. The Hall–Kier alpha value is -3.93. The molecular weight excluding hydrogens is 430 g/mol. The molecule has 0 saturated carbocycles. The molecule has 33 heavy (non-hydrogen) atoms. The first-order valence-corrected chi connectivity index (χ1v) is 10.6. The molecule has 1 N–H and O–H groups in total. The molecule has 1 aromatic heterocycles. The number of anilines is 2. The topological polar surface area (TPSA) is 91.4 Å². The second-order valence-electron chi connectivity index (χ2n) is 7.71. The molecule has 3 aromatic rings. The predicted molar refractivity (Wildman–Crippen MR) is 117 cm³/mol. The first kappa shape index (κ1) is 22.3. The van der Waals surface area contributed by atoms with Gasteiger partial charge in [0, 0.05) is 44.5 Å². The quantitative estimate of drug-likeness (QED) is 0.584. The van der Waals surface area contributed by atoms with Crippen LogP contribution in [0.1, 0.15) is 41.6 Å². The summed E-state index contributed by atoms with van der Waals surface area (Å²) in [5, 5.41) is 15.9. The zero-order chi connectivity index (χ0) is 23.4. The number of piperidine rings is 1. The maximum atomic E-state index is 13.9. The molecule has 0 atom stereocenters. The van der Waals surface area contributed by atoms with Crippen LogP contribution in [-0.2, 0) is 6.42 Å². The lowest BCUT2D eigenvalue weighted by molar-refractivity contribution is 0.101. The average molecular weight is 452 g/mol. The van der Waals surface area contributed by atoms with Crippen LogP contribution >= 0.6 is 0 Å². The Morgan fingerprint density at radius 3 is 2.70 bits per heavy atom. The molecule has 1 saturated heterocycles. The lowest BCUT2D eigenvalue weighted by Gasteiger charge is -2.34. The van der Waals surface area contributed by atoms with Gasteiger partial charge in [-0.2, -0.15) is 5.26 Å². The van der Waals surface area contributed by atoms with Crippen molar-refractivity contribution in [1.29, 1.82) is 5.26 Å². The summed E-state index contributed by atoms with van der Waals surface area (Å²) in [6.45, 7) is 3.08. The number of ether oxygens (including phenoxy) is 1. The number of carbonyl (C=O) groups excluding carboxylic acids is 1. The standard InChI is InChI=1S/C24H22F2N4O3/c1-2-17-13-21(29-33-17)24(31)28-20-11-15(14-27)3-5-22(20)30-9-7-18(8-10-30)32-23-6-4-16(25)12-19(23)26/h3-6,11-13,18H,2,7-10H2,1H3,(H,28,31). The van der Waals surface area contributed by atoms with Crippen molar-refractivity contribution < 1.29 is 22.8 Å². The molecule has 0 radical (unpaired) electrons. The summed E-state index contributed by atoms with van der Waals surface area (Å²) in [5.41, 5.74) is 1.82. The van der Waals surface area contributed by atoms with Crippen molar-refractivity contribution in [3.8, 4) is 11.8 Å². The van der Waals surface area contributed by atoms with Crippen molar-refractivity contribution in [1.82, 2.24) is 5.16 Å². The molecule has 0 unspecified atom stereocenters. The molecule has 1 amide bonds. The van der Waals surface area contributed by atoms with E-state index < -0.39 is 17.5 Å². The summed E-state index contributed by atoms with van der Waals surface area (Å²) in [7, 11) is 0. The minimum atomic E-state index is -0.728. The van der Waals surface area contributed by atoms with E-state index in [9.17, 15) is 18.8 Å². The number of rotatable bonds is 6. The molecule has 2 heterocycles. The Kier molecular flexibility index (Phi) is 6.54. The third-order valence-electron chi connectivity index (χ3n) is 5.48. The fourth-order valence-corrected chi connectivity index (χ4v) is 3.72. The summed E-state index contributed by atoms with van der Waals surface area (Å²) in [6.07, 6.45) is 1.61. The van der Waals surface area contributed by atoms with Crippen LogP contribution < -0.4 is 15.0 Å². The SMILES string of the molecule is CCc1cc(C(=O)Nc2cc(C#N)ccc2N2CCC(Oc3ccc(F)cc3F)CC2)no1. The molecule has 1 aliphatic heterocycles. The Morgan fingerprint density at radius 2 is 2.03 bits per heavy atom. The van der Waals surface area contributed by atoms with Crippen molar-refractivity contribution in [2.45, 2.75) is 32.3 Å². The Labute approximate surface area is 189 Å². The van der Waals surface area contributed by atoms with Crippen LogP contribution in [0.4, 0.5) is 20.2 Å². The predicted octanol–water partition coefficient (Wildman–Crippen LogP) is 4.69. The zero-order valence-corrected chi connectivity index (χ0v) is 18.0. The highest BCUT2D eigenvalue weighted by Gasteiger charge is 2.24. The van der Waals surface area contributed by atoms with Gasteiger partial charge in [-0.25, -0.2) is 8.78 Å². The van der Waals surface area contributed by atoms with Crippen LogP contribution in [0.15, 0.2) is 47.0 Å². The number of nitrogens with zero attached hydrogens (tertiary/aromatic N) is 3. The van der Waals surface area contributed by atoms with Crippen molar-refractivity contribution in [2.75, 3.05) is 23.3 Å². The third-order valence-corrected chi connectivity index (χ3v) is 5.48. The lowest BCUT2D eigenvalue weighted by atomic mass is 10.1. The van der Waals surface area contributed by atoms with Gasteiger partial charge in [0.2, 0.25) is 0 Å². The van der Waals surface area contributed by atoms with Crippen LogP contribution in [0.3, 0.4) is 0 Å². The number of hydrogen-bond acceptors (Lipinski definition) is 6. The fraction of sp³-hybridized carbons (Fsp3) is 0.292. The number of aromatic nitrogens is 1. The molecule has 7 nitrogen and oxygen atoms in total. The first-order chi connectivity index (χ1) is 16.0. The number of amides is 1. The first-order valence-electron chi connectivity index (χ1n) is 10.6. The van der Waals surface area contributed by atoms with E-state index in [1.54, 1.807) is 24.3 Å². The number of nitriles is 1. The van der Waals surface area contributed by atoms with Crippen molar-refractivity contribution in [3.05, 3.63) is 71.1 Å². The molecule has 170 valence electrons. The summed E-state index contributed by atoms with van der Waals surface area (Å²) >= 11 is 0. The average Bonchev–Trinajstić information content (AvgIpc) is 3.31. The summed E-state index contributed by atoms with van der Waals surface area (Å²) < 4.78 is 37.8. The van der Waals surface area contributed by atoms with E-state index >= 15 is 0 Å². The number of aryl methyl sites for hydroxylation is 1. The van der Waals surface area contributed by atoms with Crippen molar-refractivity contribution >= 4 is 17.3 Å². The Bertz CT molecular complexity index is 1200. The normalized spacial score (nSPS) is 14.1. The van der Waals surface area contributed by atoms with Gasteiger partial charge in [-0.1, -0.05) is 12.1 Å². The Morgan fingerprint density at radius 1 is 1.24 bits per heavy atom. The number of hydrogen-bond donors (Lipinski definition) is 1. The van der Waals surface area contributed by atoms with Gasteiger partial charge in [-0.3, -0.25) is 4.79 Å². The molecule has 0 bridgehead atoms. The number of carbonyl (C=O) groups is 1. The molecule has 1 fully saturated rings. The van der Waals surface area contributed by atoms with Crippen LogP contribution in [0, 0.1) is 23.0 Å². The van der Waals surface area contributed by atoms with Gasteiger partial charge in [0.05, 0.1) is 23.0 Å². The second-order valence-corrected chi connectivity index (χ2v) is 7.71. The van der Waals surface area contributed by atoms with Gasteiger partial charge in [0.25, 0.3) is 5.91 Å². The molecule has 9 heteroatoms. The highest BCUT2D eigenvalue weighted by molar-refractivity contribution is 6.04. The monoisotopic (exact) mass is 452 g/mol. The summed E-state index contributed by atoms with van der Waals surface area (Å²) in [6, 6.07) is 12.0. The smallest absolute Gasteiger partial charge is 0.277 e. The van der Waals surface area contributed by atoms with Gasteiger partial charge in [-0.15, -0.1) is 0 Å². The molecule has 2 aromatic carbocycles. The minimum absolute atomic E-state index is 0.0280. The van der Waals surface area contributed by atoms with Crippen molar-refractivity contribution in [3.63, 3.8) is 0 Å². The van der Waals surface area contributed by atoms with Crippen LogP contribution in [0.5, 0.6) is 5.75 Å². The van der Waals surface area contributed by atoms with Crippen LogP contribution in [0.2, 0.25) is 0 Å². The fourth-order valence-electron chi connectivity index (χ4n) is 3.72. The van der Waals surface area contributed by atoms with Crippen LogP contribution in [0.25, 0.3) is 0 Å². The summed E-state index contributed by atoms with van der Waals surface area (Å²) in [5.74, 6) is -1.18. The van der Waals surface area contributed by atoms with Crippen LogP contribution in [-0.4, -0.2) is 30.3 Å². The van der Waals surface area contributed by atoms with Gasteiger partial charge < -0.3 is 19.5 Å². The van der Waals surface area contributed by atoms with Gasteiger partial charge >= 0.3 is 0 Å². The zero-order valence-electron chi connectivity index (χ0n) is 18.0. The van der Waals surface area contributed by atoms with Gasteiger partial charge in [0.15, 0.2) is 17.3 Å². The van der Waals surface area contributed by atoms with E-state index in [4.69, 9.17) is 9.26 Å². The highest BCUT2D eigenvalue weighted by atomic mass is 19.1. The third kappa shape index (κ3) is 5.12. The lowest BCUT2D eigenvalue weighted by Crippen LogP contribution is -2.38. The largest absolute Gasteiger partial charge is 0.487 e. The van der Waals surface area contributed by atoms with E-state index in [2.05, 4.69) is 21.4 Å². The summed E-state index contributed by atoms with van der Waals surface area (Å²) in [4.78, 5) is 14.7. The number of benzene rings is 2. The maximum absolute atomic E-state index is 13.9. The van der Waals surface area contributed by atoms with Gasteiger partial charge in [-0.05, 0) is 30.3 Å². The highest BCUT2D eigenvalue weighted by Crippen LogP contribution is 2.31.